The van der Waals surface area contributed by atoms with Gasteiger partial charge in [0.2, 0.25) is 0 Å². The molecule has 5 atom stereocenters. The van der Waals surface area contributed by atoms with Gasteiger partial charge < -0.3 is 24.6 Å². The van der Waals surface area contributed by atoms with Gasteiger partial charge in [0.1, 0.15) is 11.7 Å². The van der Waals surface area contributed by atoms with Crippen LogP contribution in [0.3, 0.4) is 0 Å². The van der Waals surface area contributed by atoms with Crippen molar-refractivity contribution in [2.24, 2.45) is 0 Å². The highest BCUT2D eigenvalue weighted by molar-refractivity contribution is 5.49. The van der Waals surface area contributed by atoms with E-state index in [4.69, 9.17) is 14.2 Å². The molecule has 5 heteroatoms. The van der Waals surface area contributed by atoms with Gasteiger partial charge in [0, 0.05) is 6.04 Å². The van der Waals surface area contributed by atoms with Gasteiger partial charge in [-0.05, 0) is 43.4 Å². The van der Waals surface area contributed by atoms with Crippen LogP contribution >= 0.6 is 0 Å². The second-order valence-corrected chi connectivity index (χ2v) is 8.04. The van der Waals surface area contributed by atoms with Gasteiger partial charge in [0.05, 0.1) is 24.2 Å². The number of nitrogens with one attached hydrogen (secondary N) is 1. The zero-order chi connectivity index (χ0) is 16.0. The first-order chi connectivity index (χ1) is 11.7. The van der Waals surface area contributed by atoms with Crippen molar-refractivity contribution in [3.63, 3.8) is 0 Å². The normalized spacial score (nSPS) is 49.2. The van der Waals surface area contributed by atoms with Crippen LogP contribution in [0, 0.1) is 0 Å². The molecule has 5 aliphatic rings. The standard InChI is InChI=1S/C19H23NO4/c21-19-6-5-18(16-22-9-10-23-16)15(24-18)17(19)7-8-20-14(19)11-12-3-1-2-4-13(12)17/h1-4,14-16,20-21H,5-11H2/t14-,15-,17+,18?,19-/m1/s1. The molecule has 1 aromatic carbocycles. The molecule has 3 heterocycles. The predicted octanol–water partition coefficient (Wildman–Crippen LogP) is 0.878. The first-order valence-corrected chi connectivity index (χ1v) is 9.16. The van der Waals surface area contributed by atoms with Crippen LogP contribution in [0.5, 0.6) is 0 Å². The lowest BCUT2D eigenvalue weighted by Gasteiger charge is -2.60. The van der Waals surface area contributed by atoms with E-state index in [1.54, 1.807) is 0 Å². The van der Waals surface area contributed by atoms with Crippen LogP contribution in [0.25, 0.3) is 0 Å². The molecule has 1 saturated carbocycles. The number of epoxide rings is 1. The van der Waals surface area contributed by atoms with E-state index in [9.17, 15) is 5.11 Å². The Balaban J connectivity index is 1.53. The van der Waals surface area contributed by atoms with E-state index in [1.165, 1.54) is 11.1 Å². The average Bonchev–Trinajstić information content (AvgIpc) is 3.09. The number of aliphatic hydroxyl groups is 1. The summed E-state index contributed by atoms with van der Waals surface area (Å²) in [5.74, 6) is 0. The Bertz CT molecular complexity index is 704. The molecule has 5 nitrogen and oxygen atoms in total. The molecule has 2 aliphatic carbocycles. The van der Waals surface area contributed by atoms with Crippen LogP contribution in [0.15, 0.2) is 24.3 Å². The summed E-state index contributed by atoms with van der Waals surface area (Å²) in [6.07, 6.45) is 3.04. The highest BCUT2D eigenvalue weighted by atomic mass is 16.8. The van der Waals surface area contributed by atoms with E-state index in [0.717, 1.165) is 32.2 Å². The van der Waals surface area contributed by atoms with Gasteiger partial charge in [-0.15, -0.1) is 0 Å². The number of hydrogen-bond donors (Lipinski definition) is 2. The predicted molar refractivity (Wildman–Crippen MR) is 85.7 cm³/mol. The van der Waals surface area contributed by atoms with E-state index in [0.29, 0.717) is 13.2 Å². The summed E-state index contributed by atoms with van der Waals surface area (Å²) < 4.78 is 18.0. The Morgan fingerprint density at radius 2 is 1.92 bits per heavy atom. The minimum Gasteiger partial charge on any atom is -0.387 e. The second kappa shape index (κ2) is 4.40. The Morgan fingerprint density at radius 1 is 1.08 bits per heavy atom. The molecule has 3 aliphatic heterocycles. The van der Waals surface area contributed by atoms with Crippen LogP contribution < -0.4 is 5.32 Å². The third-order valence-electron chi connectivity index (χ3n) is 7.27. The summed E-state index contributed by atoms with van der Waals surface area (Å²) in [6, 6.07) is 8.71. The molecule has 0 amide bonds. The number of rotatable bonds is 1. The zero-order valence-electron chi connectivity index (χ0n) is 13.7. The number of piperidine rings is 1. The summed E-state index contributed by atoms with van der Waals surface area (Å²) in [5, 5.41) is 15.4. The summed E-state index contributed by atoms with van der Waals surface area (Å²) in [5.41, 5.74) is 1.18. The van der Waals surface area contributed by atoms with Crippen molar-refractivity contribution in [1.29, 1.82) is 0 Å². The second-order valence-electron chi connectivity index (χ2n) is 8.04. The molecule has 6 rings (SSSR count). The number of fused-ring (bicyclic) bond motifs is 2. The van der Waals surface area contributed by atoms with Crippen LogP contribution in [0.4, 0.5) is 0 Å². The van der Waals surface area contributed by atoms with Gasteiger partial charge in [-0.3, -0.25) is 0 Å². The maximum absolute atomic E-state index is 11.8. The summed E-state index contributed by atoms with van der Waals surface area (Å²) in [7, 11) is 0. The maximum Gasteiger partial charge on any atom is 0.189 e. The molecule has 2 N–H and O–H groups in total. The first kappa shape index (κ1) is 14.2. The molecule has 24 heavy (non-hydrogen) atoms. The SMILES string of the molecule is O[C@@]12CCC3(C4OCCO4)O[C@@H]3[C@@]13CCN[C@@H]2Cc1ccccc13. The lowest BCUT2D eigenvalue weighted by atomic mass is 9.48. The zero-order valence-corrected chi connectivity index (χ0v) is 13.7. The van der Waals surface area contributed by atoms with Crippen molar-refractivity contribution in [3.05, 3.63) is 35.4 Å². The molecular formula is C19H23NO4. The maximum atomic E-state index is 11.8. The molecule has 128 valence electrons. The third-order valence-corrected chi connectivity index (χ3v) is 7.27. The van der Waals surface area contributed by atoms with Gasteiger partial charge in [-0.1, -0.05) is 24.3 Å². The van der Waals surface area contributed by atoms with Crippen molar-refractivity contribution in [2.75, 3.05) is 19.8 Å². The van der Waals surface area contributed by atoms with E-state index >= 15 is 0 Å². The van der Waals surface area contributed by atoms with Gasteiger partial charge in [0.15, 0.2) is 6.29 Å². The molecular weight excluding hydrogens is 306 g/mol. The number of hydrogen-bond acceptors (Lipinski definition) is 5. The van der Waals surface area contributed by atoms with Crippen LogP contribution in [-0.4, -0.2) is 54.5 Å². The van der Waals surface area contributed by atoms with E-state index < -0.39 is 5.60 Å². The van der Waals surface area contributed by atoms with Crippen LogP contribution in [0.2, 0.25) is 0 Å². The fourth-order valence-electron chi connectivity index (χ4n) is 6.22. The molecule has 4 fully saturated rings. The molecule has 0 spiro atoms. The molecule has 2 bridgehead atoms. The lowest BCUT2D eigenvalue weighted by Crippen LogP contribution is -2.75. The quantitative estimate of drug-likeness (QED) is 0.749. The fourth-order valence-corrected chi connectivity index (χ4v) is 6.22. The third kappa shape index (κ3) is 1.42. The Labute approximate surface area is 141 Å². The smallest absolute Gasteiger partial charge is 0.189 e. The number of benzene rings is 1. The van der Waals surface area contributed by atoms with Crippen LogP contribution in [-0.2, 0) is 26.0 Å². The molecule has 3 saturated heterocycles. The van der Waals surface area contributed by atoms with E-state index in [1.807, 2.05) is 0 Å². The van der Waals surface area contributed by atoms with E-state index in [-0.39, 0.29) is 29.5 Å². The molecule has 0 radical (unpaired) electrons. The van der Waals surface area contributed by atoms with Crippen molar-refractivity contribution in [2.45, 2.75) is 60.7 Å². The Hall–Kier alpha value is -0.980. The summed E-state index contributed by atoms with van der Waals surface area (Å²) in [6.45, 7) is 2.20. The topological polar surface area (TPSA) is 63.2 Å². The van der Waals surface area contributed by atoms with E-state index in [2.05, 4.69) is 29.6 Å². The van der Waals surface area contributed by atoms with Crippen molar-refractivity contribution in [1.82, 2.24) is 5.32 Å². The average molecular weight is 329 g/mol. The van der Waals surface area contributed by atoms with Crippen molar-refractivity contribution >= 4 is 0 Å². The summed E-state index contributed by atoms with van der Waals surface area (Å²) in [4.78, 5) is 0. The van der Waals surface area contributed by atoms with Gasteiger partial charge >= 0.3 is 0 Å². The van der Waals surface area contributed by atoms with Crippen LogP contribution in [0.1, 0.15) is 30.4 Å². The molecule has 1 unspecified atom stereocenters. The first-order valence-electron chi connectivity index (χ1n) is 9.16. The van der Waals surface area contributed by atoms with Gasteiger partial charge in [0.25, 0.3) is 0 Å². The van der Waals surface area contributed by atoms with Crippen molar-refractivity contribution in [3.8, 4) is 0 Å². The van der Waals surface area contributed by atoms with Crippen molar-refractivity contribution < 1.29 is 19.3 Å². The Morgan fingerprint density at radius 3 is 2.79 bits per heavy atom. The monoisotopic (exact) mass is 329 g/mol. The lowest BCUT2D eigenvalue weighted by molar-refractivity contribution is -0.146. The summed E-state index contributed by atoms with van der Waals surface area (Å²) >= 11 is 0. The number of ether oxygens (including phenoxy) is 3. The minimum atomic E-state index is -0.747. The fraction of sp³-hybridized carbons (Fsp3) is 0.684. The largest absolute Gasteiger partial charge is 0.387 e. The minimum absolute atomic E-state index is 0.0158. The molecule has 1 aromatic rings. The Kier molecular flexibility index (Phi) is 2.61. The highest BCUT2D eigenvalue weighted by Crippen LogP contribution is 2.67. The van der Waals surface area contributed by atoms with Gasteiger partial charge in [-0.25, -0.2) is 0 Å². The highest BCUT2D eigenvalue weighted by Gasteiger charge is 2.81. The van der Waals surface area contributed by atoms with Gasteiger partial charge in [-0.2, -0.15) is 0 Å². The molecule has 0 aromatic heterocycles.